The van der Waals surface area contributed by atoms with Crippen molar-refractivity contribution in [1.82, 2.24) is 14.9 Å². The van der Waals surface area contributed by atoms with Crippen molar-refractivity contribution in [3.63, 3.8) is 0 Å². The Morgan fingerprint density at radius 3 is 2.76 bits per heavy atom. The number of carbonyl (C=O) groups is 1. The van der Waals surface area contributed by atoms with E-state index < -0.39 is 0 Å². The molecule has 1 aromatic carbocycles. The highest BCUT2D eigenvalue weighted by Gasteiger charge is 2.29. The van der Waals surface area contributed by atoms with Gasteiger partial charge in [0.25, 0.3) is 0 Å². The SMILES string of the molecule is CC[C@H](C)NC(=O)[C@H]1CCCN(c2nc3ccccc3n2CC2CCCCC2)C1. The molecular formula is C24H36N4O. The van der Waals surface area contributed by atoms with Crippen molar-refractivity contribution in [2.24, 2.45) is 11.8 Å². The highest BCUT2D eigenvalue weighted by Crippen LogP contribution is 2.31. The van der Waals surface area contributed by atoms with E-state index in [1.165, 1.54) is 37.6 Å². The van der Waals surface area contributed by atoms with Gasteiger partial charge in [0.15, 0.2) is 0 Å². The van der Waals surface area contributed by atoms with Crippen LogP contribution in [0.1, 0.15) is 65.2 Å². The number of imidazole rings is 1. The van der Waals surface area contributed by atoms with Crippen molar-refractivity contribution in [1.29, 1.82) is 0 Å². The van der Waals surface area contributed by atoms with Crippen LogP contribution in [0.25, 0.3) is 11.0 Å². The molecule has 1 N–H and O–H groups in total. The smallest absolute Gasteiger partial charge is 0.225 e. The molecule has 2 aliphatic rings. The molecule has 5 nitrogen and oxygen atoms in total. The zero-order chi connectivity index (χ0) is 20.2. The molecule has 1 amide bonds. The minimum atomic E-state index is 0.0562. The Hall–Kier alpha value is -2.04. The van der Waals surface area contributed by atoms with Gasteiger partial charge in [-0.3, -0.25) is 4.79 Å². The summed E-state index contributed by atoms with van der Waals surface area (Å²) < 4.78 is 2.44. The number of amides is 1. The molecule has 1 aliphatic heterocycles. The van der Waals surface area contributed by atoms with Crippen LogP contribution in [0.15, 0.2) is 24.3 Å². The van der Waals surface area contributed by atoms with Crippen LogP contribution >= 0.6 is 0 Å². The van der Waals surface area contributed by atoms with E-state index in [-0.39, 0.29) is 17.9 Å². The molecule has 0 radical (unpaired) electrons. The molecule has 2 fully saturated rings. The van der Waals surface area contributed by atoms with Gasteiger partial charge in [0, 0.05) is 25.7 Å². The normalized spacial score (nSPS) is 22.0. The highest BCUT2D eigenvalue weighted by molar-refractivity contribution is 5.81. The number of hydrogen-bond donors (Lipinski definition) is 1. The number of nitrogens with one attached hydrogen (secondary N) is 1. The number of nitrogens with zero attached hydrogens (tertiary/aromatic N) is 3. The van der Waals surface area contributed by atoms with Crippen LogP contribution in [-0.2, 0) is 11.3 Å². The molecule has 1 saturated carbocycles. The highest BCUT2D eigenvalue weighted by atomic mass is 16.2. The van der Waals surface area contributed by atoms with E-state index in [0.29, 0.717) is 0 Å². The molecule has 1 aliphatic carbocycles. The molecule has 0 unspecified atom stereocenters. The van der Waals surface area contributed by atoms with Crippen LogP contribution in [0.2, 0.25) is 0 Å². The van der Waals surface area contributed by atoms with Crippen molar-refractivity contribution in [2.45, 2.75) is 77.8 Å². The minimum Gasteiger partial charge on any atom is -0.353 e. The van der Waals surface area contributed by atoms with E-state index in [0.717, 1.165) is 56.3 Å². The zero-order valence-corrected chi connectivity index (χ0v) is 18.1. The van der Waals surface area contributed by atoms with Crippen LogP contribution in [-0.4, -0.2) is 34.6 Å². The number of piperidine rings is 1. The van der Waals surface area contributed by atoms with Gasteiger partial charge >= 0.3 is 0 Å². The molecular weight excluding hydrogens is 360 g/mol. The van der Waals surface area contributed by atoms with Gasteiger partial charge in [-0.1, -0.05) is 38.3 Å². The first kappa shape index (κ1) is 20.2. The summed E-state index contributed by atoms with van der Waals surface area (Å²) in [5.74, 6) is 2.08. The van der Waals surface area contributed by atoms with Crippen molar-refractivity contribution in [2.75, 3.05) is 18.0 Å². The summed E-state index contributed by atoms with van der Waals surface area (Å²) in [7, 11) is 0. The Morgan fingerprint density at radius 2 is 1.97 bits per heavy atom. The number of hydrogen-bond acceptors (Lipinski definition) is 3. The molecule has 5 heteroatoms. The van der Waals surface area contributed by atoms with Gasteiger partial charge in [0.05, 0.1) is 17.0 Å². The molecule has 2 heterocycles. The van der Waals surface area contributed by atoms with Gasteiger partial charge < -0.3 is 14.8 Å². The maximum Gasteiger partial charge on any atom is 0.225 e. The van der Waals surface area contributed by atoms with E-state index in [9.17, 15) is 4.79 Å². The van der Waals surface area contributed by atoms with Crippen LogP contribution in [0, 0.1) is 11.8 Å². The lowest BCUT2D eigenvalue weighted by atomic mass is 9.89. The Morgan fingerprint density at radius 1 is 1.17 bits per heavy atom. The van der Waals surface area contributed by atoms with Crippen LogP contribution in [0.4, 0.5) is 5.95 Å². The summed E-state index contributed by atoms with van der Waals surface area (Å²) in [5.41, 5.74) is 2.31. The van der Waals surface area contributed by atoms with Gasteiger partial charge in [0.1, 0.15) is 0 Å². The summed E-state index contributed by atoms with van der Waals surface area (Å²) in [4.78, 5) is 20.2. The number of fused-ring (bicyclic) bond motifs is 1. The van der Waals surface area contributed by atoms with Gasteiger partial charge in [-0.05, 0) is 57.1 Å². The Bertz CT molecular complexity index is 823. The number of carbonyl (C=O) groups excluding carboxylic acids is 1. The molecule has 0 bridgehead atoms. The molecule has 1 aromatic heterocycles. The van der Waals surface area contributed by atoms with Crippen molar-refractivity contribution < 1.29 is 4.79 Å². The lowest BCUT2D eigenvalue weighted by molar-refractivity contribution is -0.125. The van der Waals surface area contributed by atoms with E-state index >= 15 is 0 Å². The maximum absolute atomic E-state index is 12.8. The second kappa shape index (κ2) is 9.19. The summed E-state index contributed by atoms with van der Waals surface area (Å²) in [5, 5.41) is 3.19. The molecule has 2 atom stereocenters. The minimum absolute atomic E-state index is 0.0562. The largest absolute Gasteiger partial charge is 0.353 e. The molecule has 4 rings (SSSR count). The van der Waals surface area contributed by atoms with E-state index in [2.05, 4.69) is 52.9 Å². The number of anilines is 1. The monoisotopic (exact) mass is 396 g/mol. The van der Waals surface area contributed by atoms with Gasteiger partial charge in [-0.2, -0.15) is 0 Å². The molecule has 2 aromatic rings. The first-order chi connectivity index (χ1) is 14.2. The summed E-state index contributed by atoms with van der Waals surface area (Å²) in [6, 6.07) is 8.75. The summed E-state index contributed by atoms with van der Waals surface area (Å²) in [6.45, 7) is 7.02. The fourth-order valence-electron chi connectivity index (χ4n) is 4.95. The molecule has 158 valence electrons. The van der Waals surface area contributed by atoms with Crippen LogP contribution in [0.3, 0.4) is 0 Å². The Kier molecular flexibility index (Phi) is 6.41. The molecule has 0 spiro atoms. The Labute approximate surface area is 174 Å². The lowest BCUT2D eigenvalue weighted by Crippen LogP contribution is -2.46. The third-order valence-electron chi connectivity index (χ3n) is 6.88. The third kappa shape index (κ3) is 4.59. The third-order valence-corrected chi connectivity index (χ3v) is 6.88. The maximum atomic E-state index is 12.8. The second-order valence-corrected chi connectivity index (χ2v) is 9.12. The second-order valence-electron chi connectivity index (χ2n) is 9.12. The van der Waals surface area contributed by atoms with Gasteiger partial charge in [0.2, 0.25) is 11.9 Å². The standard InChI is InChI=1S/C24H36N4O/c1-3-18(2)25-23(29)20-12-9-15-27(17-20)24-26-21-13-7-8-14-22(21)28(24)16-19-10-5-4-6-11-19/h7-8,13-14,18-20H,3-6,9-12,15-17H2,1-2H3,(H,25,29)/t18-,20-/m0/s1. The predicted molar refractivity (Wildman–Crippen MR) is 119 cm³/mol. The number of benzene rings is 1. The van der Waals surface area contributed by atoms with E-state index in [1.807, 2.05) is 0 Å². The number of aromatic nitrogens is 2. The first-order valence-electron chi connectivity index (χ1n) is 11.7. The number of para-hydroxylation sites is 2. The average molecular weight is 397 g/mol. The predicted octanol–water partition coefficient (Wildman–Crippen LogP) is 4.75. The van der Waals surface area contributed by atoms with E-state index in [1.54, 1.807) is 0 Å². The lowest BCUT2D eigenvalue weighted by Gasteiger charge is -2.34. The van der Waals surface area contributed by atoms with Gasteiger partial charge in [-0.15, -0.1) is 0 Å². The molecule has 29 heavy (non-hydrogen) atoms. The van der Waals surface area contributed by atoms with Gasteiger partial charge in [-0.25, -0.2) is 4.98 Å². The van der Waals surface area contributed by atoms with Crippen LogP contribution < -0.4 is 10.2 Å². The van der Waals surface area contributed by atoms with Crippen LogP contribution in [0.5, 0.6) is 0 Å². The first-order valence-corrected chi connectivity index (χ1v) is 11.7. The topological polar surface area (TPSA) is 50.2 Å². The van der Waals surface area contributed by atoms with E-state index in [4.69, 9.17) is 4.98 Å². The Balaban J connectivity index is 1.57. The summed E-state index contributed by atoms with van der Waals surface area (Å²) in [6.07, 6.45) is 9.74. The van der Waals surface area contributed by atoms with Crippen molar-refractivity contribution in [3.05, 3.63) is 24.3 Å². The fourth-order valence-corrected chi connectivity index (χ4v) is 4.95. The quantitative estimate of drug-likeness (QED) is 0.767. The van der Waals surface area contributed by atoms with Crippen molar-refractivity contribution >= 4 is 22.9 Å². The molecule has 1 saturated heterocycles. The fraction of sp³-hybridized carbons (Fsp3) is 0.667. The zero-order valence-electron chi connectivity index (χ0n) is 18.1. The number of rotatable bonds is 6. The van der Waals surface area contributed by atoms with Crippen molar-refractivity contribution in [3.8, 4) is 0 Å². The average Bonchev–Trinajstić information content (AvgIpc) is 3.13. The summed E-state index contributed by atoms with van der Waals surface area (Å²) >= 11 is 0.